The van der Waals surface area contributed by atoms with E-state index in [-0.39, 0.29) is 11.3 Å². The number of amides is 2. The molecule has 168 valence electrons. The maximum atomic E-state index is 13.8. The first-order chi connectivity index (χ1) is 15.8. The molecular weight excluding hydrogens is 416 g/mol. The Hall–Kier alpha value is -4.06. The summed E-state index contributed by atoms with van der Waals surface area (Å²) in [6.07, 6.45) is 0. The molecule has 0 aromatic heterocycles. The number of anilines is 2. The molecule has 3 aromatic rings. The fraction of sp³-hybridized carbons (Fsp3) is 0.185. The highest BCUT2D eigenvalue weighted by Crippen LogP contribution is 2.40. The zero-order valence-electron chi connectivity index (χ0n) is 19.4. The SMILES string of the molecule is COc1ccccc1C1=C(Nc2ccc(C)c(C)c2)C(=O)N(c2cc(C)ccc2OC)C1=O. The van der Waals surface area contributed by atoms with E-state index >= 15 is 0 Å². The predicted molar refractivity (Wildman–Crippen MR) is 130 cm³/mol. The maximum Gasteiger partial charge on any atom is 0.282 e. The van der Waals surface area contributed by atoms with Crippen molar-refractivity contribution in [2.45, 2.75) is 20.8 Å². The molecule has 6 nitrogen and oxygen atoms in total. The molecule has 4 rings (SSSR count). The minimum absolute atomic E-state index is 0.191. The summed E-state index contributed by atoms with van der Waals surface area (Å²) in [5, 5.41) is 3.21. The number of methoxy groups -OCH3 is 2. The van der Waals surface area contributed by atoms with Crippen molar-refractivity contribution in [1.82, 2.24) is 0 Å². The summed E-state index contributed by atoms with van der Waals surface area (Å²) in [5.41, 5.74) is 5.22. The highest BCUT2D eigenvalue weighted by Gasteiger charge is 2.42. The average Bonchev–Trinajstić information content (AvgIpc) is 3.05. The van der Waals surface area contributed by atoms with Gasteiger partial charge in [0.15, 0.2) is 0 Å². The van der Waals surface area contributed by atoms with Crippen molar-refractivity contribution in [3.63, 3.8) is 0 Å². The standard InChI is InChI=1S/C27H26N2O4/c1-16-10-13-23(33-5)21(14-16)29-26(30)24(20-8-6-7-9-22(20)32-4)25(27(29)31)28-19-12-11-17(2)18(3)15-19/h6-15,28H,1-5H3. The van der Waals surface area contributed by atoms with E-state index in [1.807, 2.05) is 57.2 Å². The van der Waals surface area contributed by atoms with E-state index in [0.717, 1.165) is 27.3 Å². The fourth-order valence-corrected chi connectivity index (χ4v) is 3.90. The van der Waals surface area contributed by atoms with E-state index in [2.05, 4.69) is 5.32 Å². The summed E-state index contributed by atoms with van der Waals surface area (Å²) < 4.78 is 11.0. The number of imide groups is 1. The summed E-state index contributed by atoms with van der Waals surface area (Å²) in [7, 11) is 3.06. The zero-order chi connectivity index (χ0) is 23.7. The summed E-state index contributed by atoms with van der Waals surface area (Å²) in [6, 6.07) is 18.4. The van der Waals surface area contributed by atoms with Crippen LogP contribution in [-0.2, 0) is 9.59 Å². The lowest BCUT2D eigenvalue weighted by Gasteiger charge is -2.19. The van der Waals surface area contributed by atoms with E-state index in [1.165, 1.54) is 7.11 Å². The molecule has 1 aliphatic rings. The second kappa shape index (κ2) is 8.82. The Morgan fingerprint density at radius 2 is 1.48 bits per heavy atom. The minimum Gasteiger partial charge on any atom is -0.496 e. The van der Waals surface area contributed by atoms with E-state index < -0.39 is 11.8 Å². The van der Waals surface area contributed by atoms with Gasteiger partial charge in [0.1, 0.15) is 17.2 Å². The molecule has 0 unspecified atom stereocenters. The normalized spacial score (nSPS) is 13.5. The number of nitrogens with one attached hydrogen (secondary N) is 1. The van der Waals surface area contributed by atoms with Crippen molar-refractivity contribution in [2.24, 2.45) is 0 Å². The summed E-state index contributed by atoms with van der Waals surface area (Å²) >= 11 is 0. The van der Waals surface area contributed by atoms with Crippen molar-refractivity contribution < 1.29 is 19.1 Å². The molecule has 1 N–H and O–H groups in total. The highest BCUT2D eigenvalue weighted by atomic mass is 16.5. The van der Waals surface area contributed by atoms with Crippen molar-refractivity contribution in [2.75, 3.05) is 24.4 Å². The van der Waals surface area contributed by atoms with E-state index in [4.69, 9.17) is 9.47 Å². The number of aryl methyl sites for hydroxylation is 3. The third kappa shape index (κ3) is 3.96. The Balaban J connectivity index is 1.90. The van der Waals surface area contributed by atoms with Gasteiger partial charge in [0.2, 0.25) is 0 Å². The lowest BCUT2D eigenvalue weighted by Crippen LogP contribution is -2.32. The molecule has 0 radical (unpaired) electrons. The van der Waals surface area contributed by atoms with Gasteiger partial charge >= 0.3 is 0 Å². The Bertz CT molecular complexity index is 1290. The molecule has 0 fully saturated rings. The number of carbonyl (C=O) groups is 2. The van der Waals surface area contributed by atoms with Crippen molar-refractivity contribution >= 4 is 28.8 Å². The number of ether oxygens (including phenoxy) is 2. The topological polar surface area (TPSA) is 67.9 Å². The van der Waals surface area contributed by atoms with Gasteiger partial charge in [-0.05, 0) is 67.8 Å². The van der Waals surface area contributed by atoms with Gasteiger partial charge in [0.25, 0.3) is 11.8 Å². The van der Waals surface area contributed by atoms with Gasteiger partial charge in [0, 0.05) is 11.3 Å². The highest BCUT2D eigenvalue weighted by molar-refractivity contribution is 6.46. The van der Waals surface area contributed by atoms with Crippen molar-refractivity contribution in [3.05, 3.63) is 88.6 Å². The van der Waals surface area contributed by atoms with Crippen molar-refractivity contribution in [3.8, 4) is 11.5 Å². The van der Waals surface area contributed by atoms with E-state index in [9.17, 15) is 9.59 Å². The number of rotatable bonds is 6. The average molecular weight is 443 g/mol. The summed E-state index contributed by atoms with van der Waals surface area (Å²) in [6.45, 7) is 5.92. The lowest BCUT2D eigenvalue weighted by atomic mass is 10.0. The molecule has 0 aliphatic carbocycles. The first-order valence-corrected chi connectivity index (χ1v) is 10.6. The summed E-state index contributed by atoms with van der Waals surface area (Å²) in [4.78, 5) is 28.7. The molecule has 0 atom stereocenters. The molecule has 0 saturated carbocycles. The molecule has 3 aromatic carbocycles. The van der Waals surface area contributed by atoms with Crippen molar-refractivity contribution in [1.29, 1.82) is 0 Å². The van der Waals surface area contributed by atoms with Gasteiger partial charge in [-0.25, -0.2) is 4.90 Å². The van der Waals surface area contributed by atoms with E-state index in [0.29, 0.717) is 22.7 Å². The molecule has 33 heavy (non-hydrogen) atoms. The lowest BCUT2D eigenvalue weighted by molar-refractivity contribution is -0.120. The minimum atomic E-state index is -0.456. The third-order valence-corrected chi connectivity index (χ3v) is 5.81. The number of carbonyl (C=O) groups excluding carboxylic acids is 2. The van der Waals surface area contributed by atoms with Crippen LogP contribution in [0.3, 0.4) is 0 Å². The van der Waals surface area contributed by atoms with Crippen LogP contribution in [0.1, 0.15) is 22.3 Å². The molecular formula is C27H26N2O4. The van der Waals surface area contributed by atoms with Gasteiger partial charge in [-0.3, -0.25) is 9.59 Å². The van der Waals surface area contributed by atoms with Crippen LogP contribution in [0.4, 0.5) is 11.4 Å². The number of benzene rings is 3. The first kappa shape index (κ1) is 22.1. The summed E-state index contributed by atoms with van der Waals surface area (Å²) in [5.74, 6) is 0.0444. The Labute approximate surface area is 193 Å². The van der Waals surface area contributed by atoms with E-state index in [1.54, 1.807) is 31.4 Å². The van der Waals surface area contributed by atoms with Gasteiger partial charge < -0.3 is 14.8 Å². The number of para-hydroxylation sites is 1. The Kier molecular flexibility index (Phi) is 5.92. The monoisotopic (exact) mass is 442 g/mol. The van der Waals surface area contributed by atoms with Crippen LogP contribution in [0.15, 0.2) is 66.4 Å². The molecule has 0 saturated heterocycles. The molecule has 0 bridgehead atoms. The fourth-order valence-electron chi connectivity index (χ4n) is 3.90. The van der Waals surface area contributed by atoms with Gasteiger partial charge in [-0.1, -0.05) is 30.3 Å². The molecule has 2 amide bonds. The smallest absolute Gasteiger partial charge is 0.282 e. The van der Waals surface area contributed by atoms with Crippen LogP contribution in [0.2, 0.25) is 0 Å². The molecule has 1 aliphatic heterocycles. The molecule has 1 heterocycles. The second-order valence-electron chi connectivity index (χ2n) is 8.00. The van der Waals surface area contributed by atoms with Crippen LogP contribution in [0.25, 0.3) is 5.57 Å². The largest absolute Gasteiger partial charge is 0.496 e. The van der Waals surface area contributed by atoms with Crippen LogP contribution >= 0.6 is 0 Å². The first-order valence-electron chi connectivity index (χ1n) is 10.6. The quantitative estimate of drug-likeness (QED) is 0.543. The number of hydrogen-bond acceptors (Lipinski definition) is 5. The van der Waals surface area contributed by atoms with Gasteiger partial charge in [0.05, 0.1) is 25.5 Å². The second-order valence-corrected chi connectivity index (χ2v) is 8.00. The maximum absolute atomic E-state index is 13.8. The van der Waals surface area contributed by atoms with Crippen LogP contribution in [0.5, 0.6) is 11.5 Å². The zero-order valence-corrected chi connectivity index (χ0v) is 19.4. The molecule has 6 heteroatoms. The van der Waals surface area contributed by atoms with Crippen LogP contribution in [0, 0.1) is 20.8 Å². The van der Waals surface area contributed by atoms with Crippen LogP contribution in [-0.4, -0.2) is 26.0 Å². The van der Waals surface area contributed by atoms with Crippen LogP contribution < -0.4 is 19.7 Å². The molecule has 0 spiro atoms. The number of hydrogen-bond donors (Lipinski definition) is 1. The van der Waals surface area contributed by atoms with Gasteiger partial charge in [-0.15, -0.1) is 0 Å². The van der Waals surface area contributed by atoms with Gasteiger partial charge in [-0.2, -0.15) is 0 Å². The number of nitrogens with zero attached hydrogens (tertiary/aromatic N) is 1. The predicted octanol–water partition coefficient (Wildman–Crippen LogP) is 5.03. The Morgan fingerprint density at radius 1 is 0.758 bits per heavy atom. The Morgan fingerprint density at radius 3 is 2.18 bits per heavy atom. The third-order valence-electron chi connectivity index (χ3n) is 5.81.